The first-order chi connectivity index (χ1) is 29.7. The van der Waals surface area contributed by atoms with Gasteiger partial charge >= 0.3 is 0 Å². The van der Waals surface area contributed by atoms with Crippen LogP contribution in [0.1, 0.15) is 25.3 Å². The van der Waals surface area contributed by atoms with Gasteiger partial charge in [0, 0.05) is 49.6 Å². The minimum absolute atomic E-state index is 0.634. The first-order valence-corrected chi connectivity index (χ1v) is 20.8. The molecule has 0 N–H and O–H groups in total. The molecule has 60 heavy (non-hydrogen) atoms. The number of unbranched alkanes of at least 4 members (excludes halogenated alkanes) is 1. The lowest BCUT2D eigenvalue weighted by Crippen LogP contribution is -2.01. The summed E-state index contributed by atoms with van der Waals surface area (Å²) in [5.41, 5.74) is 13.4. The average Bonchev–Trinajstić information content (AvgIpc) is 3.82. The summed E-state index contributed by atoms with van der Waals surface area (Å²) in [6.07, 6.45) is 3.45. The Labute approximate surface area is 348 Å². The smallest absolute Gasteiger partial charge is 0.164 e. The molecule has 0 fully saturated rings. The molecule has 0 aliphatic rings. The maximum atomic E-state index is 5.11. The summed E-state index contributed by atoms with van der Waals surface area (Å²) in [6, 6.07) is 69.1. The van der Waals surface area contributed by atoms with Gasteiger partial charge in [0.25, 0.3) is 0 Å². The zero-order valence-corrected chi connectivity index (χ0v) is 33.3. The van der Waals surface area contributed by atoms with Crippen LogP contribution in [-0.4, -0.2) is 24.1 Å². The molecule has 0 atom stereocenters. The van der Waals surface area contributed by atoms with E-state index in [2.05, 4.69) is 150 Å². The second-order valence-corrected chi connectivity index (χ2v) is 15.5. The van der Waals surface area contributed by atoms with Gasteiger partial charge in [-0.3, -0.25) is 0 Å². The number of benzene rings is 8. The topological polar surface area (TPSA) is 48.5 Å². The van der Waals surface area contributed by atoms with Crippen molar-refractivity contribution in [3.63, 3.8) is 0 Å². The third kappa shape index (κ3) is 6.14. The van der Waals surface area contributed by atoms with Gasteiger partial charge in [-0.1, -0.05) is 153 Å². The van der Waals surface area contributed by atoms with E-state index < -0.39 is 0 Å². The van der Waals surface area contributed by atoms with Crippen molar-refractivity contribution in [3.8, 4) is 56.7 Å². The largest absolute Gasteiger partial charge is 0.309 e. The van der Waals surface area contributed by atoms with Crippen LogP contribution in [0.15, 0.2) is 194 Å². The van der Waals surface area contributed by atoms with Gasteiger partial charge in [-0.05, 0) is 84.1 Å². The van der Waals surface area contributed by atoms with Crippen LogP contribution in [0.25, 0.3) is 100 Å². The van der Waals surface area contributed by atoms with E-state index in [1.807, 2.05) is 60.7 Å². The number of hydrogen-bond acceptors (Lipinski definition) is 3. The number of aromatic nitrogens is 5. The Morgan fingerprint density at radius 3 is 1.62 bits per heavy atom. The predicted molar refractivity (Wildman–Crippen MR) is 249 cm³/mol. The molecule has 0 saturated carbocycles. The molecule has 0 aliphatic heterocycles. The Hall–Kier alpha value is -7.63. The van der Waals surface area contributed by atoms with Crippen LogP contribution in [0, 0.1) is 0 Å². The number of nitrogens with zero attached hydrogens (tertiary/aromatic N) is 5. The van der Waals surface area contributed by atoms with E-state index >= 15 is 0 Å². The third-order valence-corrected chi connectivity index (χ3v) is 11.7. The molecular formula is C55H41N5. The minimum atomic E-state index is 0.634. The second kappa shape index (κ2) is 14.9. The molecule has 0 unspecified atom stereocenters. The molecule has 11 aromatic rings. The van der Waals surface area contributed by atoms with Gasteiger partial charge in [0.2, 0.25) is 0 Å². The van der Waals surface area contributed by atoms with Crippen LogP contribution in [0.3, 0.4) is 0 Å². The quantitative estimate of drug-likeness (QED) is 0.147. The summed E-state index contributed by atoms with van der Waals surface area (Å²) < 4.78 is 4.87. The lowest BCUT2D eigenvalue weighted by molar-refractivity contribution is 0.796. The molecule has 5 heteroatoms. The molecule has 8 aromatic carbocycles. The summed E-state index contributed by atoms with van der Waals surface area (Å²) >= 11 is 0. The molecule has 0 saturated heterocycles. The highest BCUT2D eigenvalue weighted by Crippen LogP contribution is 2.41. The van der Waals surface area contributed by atoms with Gasteiger partial charge in [-0.25, -0.2) is 15.0 Å². The lowest BCUT2D eigenvalue weighted by Gasteiger charge is -2.14. The monoisotopic (exact) mass is 771 g/mol. The minimum Gasteiger partial charge on any atom is -0.309 e. The predicted octanol–water partition coefficient (Wildman–Crippen LogP) is 14.1. The van der Waals surface area contributed by atoms with Gasteiger partial charge in [-0.2, -0.15) is 0 Å². The van der Waals surface area contributed by atoms with Crippen LogP contribution in [0.2, 0.25) is 0 Å². The van der Waals surface area contributed by atoms with Crippen molar-refractivity contribution in [2.45, 2.75) is 26.2 Å². The van der Waals surface area contributed by atoms with E-state index in [1.165, 1.54) is 56.5 Å². The Balaban J connectivity index is 1.11. The van der Waals surface area contributed by atoms with Gasteiger partial charge in [-0.15, -0.1) is 0 Å². The first-order valence-electron chi connectivity index (χ1n) is 20.8. The summed E-state index contributed by atoms with van der Waals surface area (Å²) in [6.45, 7) is 2.26. The van der Waals surface area contributed by atoms with Gasteiger partial charge in [0.1, 0.15) is 0 Å². The zero-order chi connectivity index (χ0) is 40.0. The second-order valence-electron chi connectivity index (χ2n) is 15.5. The summed E-state index contributed by atoms with van der Waals surface area (Å²) in [5.74, 6) is 1.92. The first kappa shape index (κ1) is 35.5. The molecule has 0 bridgehead atoms. The summed E-state index contributed by atoms with van der Waals surface area (Å²) in [5, 5.41) is 5.04. The van der Waals surface area contributed by atoms with E-state index in [0.717, 1.165) is 51.1 Å². The fourth-order valence-corrected chi connectivity index (χ4v) is 8.87. The maximum absolute atomic E-state index is 5.11. The lowest BCUT2D eigenvalue weighted by atomic mass is 9.98. The standard InChI is InChI=1S/C55H41N5/c1-2-3-18-37-31-32-50-46(33-37)48-35-47-44-28-15-16-30-49(44)60(51(47)36-52(48)59(50)41-24-11-6-12-25-41)42-26-17-23-40(34-42)43-27-13-14-29-45(43)55-57-53(38-19-7-4-8-20-38)56-54(58-55)39-21-9-5-10-22-39/h4-17,19-36H,2-3,18H2,1H3. The Morgan fingerprint density at radius 2 is 0.900 bits per heavy atom. The van der Waals surface area contributed by atoms with Crippen molar-refractivity contribution in [2.24, 2.45) is 0 Å². The van der Waals surface area contributed by atoms with Crippen molar-refractivity contribution < 1.29 is 0 Å². The molecule has 0 amide bonds. The van der Waals surface area contributed by atoms with Crippen molar-refractivity contribution in [1.82, 2.24) is 24.1 Å². The molecule has 0 aliphatic carbocycles. The van der Waals surface area contributed by atoms with E-state index in [0.29, 0.717) is 17.5 Å². The number of para-hydroxylation sites is 2. The van der Waals surface area contributed by atoms with Crippen LogP contribution < -0.4 is 0 Å². The SMILES string of the molecule is CCCCc1ccc2c(c1)c1cc3c4ccccc4n(-c4cccc(-c5ccccc5-c5nc(-c6ccccc6)nc(-c6ccccc6)n5)c4)c3cc1n2-c1ccccc1. The van der Waals surface area contributed by atoms with Crippen molar-refractivity contribution in [3.05, 3.63) is 200 Å². The van der Waals surface area contributed by atoms with Crippen LogP contribution in [-0.2, 0) is 6.42 Å². The van der Waals surface area contributed by atoms with Crippen molar-refractivity contribution >= 4 is 43.6 Å². The fourth-order valence-electron chi connectivity index (χ4n) is 8.87. The fraction of sp³-hybridized carbons (Fsp3) is 0.0727. The van der Waals surface area contributed by atoms with Crippen molar-refractivity contribution in [2.75, 3.05) is 0 Å². The Kier molecular flexibility index (Phi) is 8.85. The molecule has 0 spiro atoms. The third-order valence-electron chi connectivity index (χ3n) is 11.7. The van der Waals surface area contributed by atoms with E-state index in [-0.39, 0.29) is 0 Å². The highest BCUT2D eigenvalue weighted by molar-refractivity contribution is 6.19. The van der Waals surface area contributed by atoms with E-state index in [1.54, 1.807) is 0 Å². The van der Waals surface area contributed by atoms with E-state index in [4.69, 9.17) is 15.0 Å². The highest BCUT2D eigenvalue weighted by Gasteiger charge is 2.20. The summed E-state index contributed by atoms with van der Waals surface area (Å²) in [7, 11) is 0. The normalized spacial score (nSPS) is 11.6. The molecule has 3 heterocycles. The van der Waals surface area contributed by atoms with Gasteiger partial charge in [0.15, 0.2) is 17.5 Å². The van der Waals surface area contributed by atoms with Crippen LogP contribution >= 0.6 is 0 Å². The number of hydrogen-bond donors (Lipinski definition) is 0. The van der Waals surface area contributed by atoms with E-state index in [9.17, 15) is 0 Å². The average molecular weight is 772 g/mol. The molecule has 0 radical (unpaired) electrons. The number of aryl methyl sites for hydroxylation is 1. The maximum Gasteiger partial charge on any atom is 0.164 e. The highest BCUT2D eigenvalue weighted by atomic mass is 15.0. The molecular weight excluding hydrogens is 731 g/mol. The van der Waals surface area contributed by atoms with Gasteiger partial charge in [0.05, 0.1) is 22.1 Å². The molecule has 286 valence electrons. The summed E-state index contributed by atoms with van der Waals surface area (Å²) in [4.78, 5) is 15.2. The molecule has 5 nitrogen and oxygen atoms in total. The molecule has 3 aromatic heterocycles. The van der Waals surface area contributed by atoms with Gasteiger partial charge < -0.3 is 9.13 Å². The number of rotatable bonds is 9. The Morgan fingerprint density at radius 1 is 0.367 bits per heavy atom. The molecule has 11 rings (SSSR count). The van der Waals surface area contributed by atoms with Crippen LogP contribution in [0.5, 0.6) is 0 Å². The Bertz CT molecular complexity index is 3290. The van der Waals surface area contributed by atoms with Crippen molar-refractivity contribution in [1.29, 1.82) is 0 Å². The number of fused-ring (bicyclic) bond motifs is 6. The zero-order valence-electron chi connectivity index (χ0n) is 33.3. The van der Waals surface area contributed by atoms with Crippen LogP contribution in [0.4, 0.5) is 0 Å².